The molecule has 0 aliphatic rings. The summed E-state index contributed by atoms with van der Waals surface area (Å²) < 4.78 is 1.84. The summed E-state index contributed by atoms with van der Waals surface area (Å²) in [6.07, 6.45) is 3.78. The van der Waals surface area contributed by atoms with Crippen LogP contribution in [0.5, 0.6) is 0 Å². The predicted octanol–water partition coefficient (Wildman–Crippen LogP) is 1.86. The first-order valence-corrected chi connectivity index (χ1v) is 6.25. The summed E-state index contributed by atoms with van der Waals surface area (Å²) >= 11 is 0. The molecule has 0 fully saturated rings. The van der Waals surface area contributed by atoms with Crippen LogP contribution in [0.2, 0.25) is 0 Å². The zero-order valence-corrected chi connectivity index (χ0v) is 10.6. The Morgan fingerprint density at radius 3 is 2.63 bits per heavy atom. The lowest BCUT2D eigenvalue weighted by molar-refractivity contribution is -0.136. The summed E-state index contributed by atoms with van der Waals surface area (Å²) in [4.78, 5) is 12.8. The van der Waals surface area contributed by atoms with Gasteiger partial charge >= 0.3 is 5.97 Å². The molecular formula is C14H17N3O2. The molecule has 1 heterocycles. The first-order valence-electron chi connectivity index (χ1n) is 6.25. The third-order valence-electron chi connectivity index (χ3n) is 2.88. The highest BCUT2D eigenvalue weighted by molar-refractivity contribution is 5.67. The Balaban J connectivity index is 1.99. The second-order valence-electron chi connectivity index (χ2n) is 4.24. The summed E-state index contributed by atoms with van der Waals surface area (Å²) in [6.45, 7) is 1.97. The van der Waals surface area contributed by atoms with E-state index in [1.165, 1.54) is 0 Å². The first-order chi connectivity index (χ1) is 9.25. The summed E-state index contributed by atoms with van der Waals surface area (Å²) in [7, 11) is 0. The molecule has 0 radical (unpaired) electrons. The number of aliphatic carboxylic acids is 1. The first kappa shape index (κ1) is 13.1. The monoisotopic (exact) mass is 259 g/mol. The summed E-state index contributed by atoms with van der Waals surface area (Å²) in [5.41, 5.74) is 1.04. The molecule has 1 aromatic heterocycles. The Labute approximate surface area is 112 Å². The van der Waals surface area contributed by atoms with Crippen molar-refractivity contribution < 1.29 is 9.90 Å². The fourth-order valence-corrected chi connectivity index (χ4v) is 1.90. The molecule has 0 aliphatic carbocycles. The van der Waals surface area contributed by atoms with Crippen molar-refractivity contribution in [3.63, 3.8) is 0 Å². The second kappa shape index (κ2) is 6.58. The molecule has 0 saturated carbocycles. The molecule has 1 N–H and O–H groups in total. The van der Waals surface area contributed by atoms with Crippen molar-refractivity contribution >= 4 is 11.7 Å². The number of hydrogen-bond acceptors (Lipinski definition) is 3. The van der Waals surface area contributed by atoms with Crippen LogP contribution in [-0.2, 0) is 11.3 Å². The highest BCUT2D eigenvalue weighted by Gasteiger charge is 2.08. The molecule has 5 heteroatoms. The number of para-hydroxylation sites is 1. The maximum Gasteiger partial charge on any atom is 0.305 e. The van der Waals surface area contributed by atoms with Gasteiger partial charge in [-0.3, -0.25) is 9.48 Å². The van der Waals surface area contributed by atoms with Crippen LogP contribution in [0.3, 0.4) is 0 Å². The molecule has 5 nitrogen and oxygen atoms in total. The van der Waals surface area contributed by atoms with Gasteiger partial charge in [-0.2, -0.15) is 5.10 Å². The number of carboxylic acid groups (broad SMARTS) is 1. The largest absolute Gasteiger partial charge is 0.481 e. The maximum absolute atomic E-state index is 10.7. The van der Waals surface area contributed by atoms with Crippen LogP contribution in [0.4, 0.5) is 5.69 Å². The van der Waals surface area contributed by atoms with Gasteiger partial charge in [0.05, 0.1) is 13.0 Å². The van der Waals surface area contributed by atoms with E-state index in [1.54, 1.807) is 6.20 Å². The molecule has 0 amide bonds. The minimum Gasteiger partial charge on any atom is -0.481 e. The van der Waals surface area contributed by atoms with Gasteiger partial charge in [0.2, 0.25) is 0 Å². The Kier molecular flexibility index (Phi) is 4.55. The van der Waals surface area contributed by atoms with Gasteiger partial charge in [0.25, 0.3) is 0 Å². The molecule has 19 heavy (non-hydrogen) atoms. The maximum atomic E-state index is 10.7. The standard InChI is InChI=1S/C14H17N3O2/c18-14(19)7-10-16(13-5-2-1-3-6-13)11-12-17-9-4-8-15-17/h1-6,8-9H,7,10-12H2,(H,18,19). The molecule has 0 spiro atoms. The minimum absolute atomic E-state index is 0.133. The molecular weight excluding hydrogens is 242 g/mol. The topological polar surface area (TPSA) is 58.4 Å². The van der Waals surface area contributed by atoms with Crippen molar-refractivity contribution in [2.24, 2.45) is 0 Å². The average molecular weight is 259 g/mol. The predicted molar refractivity (Wildman–Crippen MR) is 73.1 cm³/mol. The van der Waals surface area contributed by atoms with Crippen LogP contribution in [0.15, 0.2) is 48.8 Å². The van der Waals surface area contributed by atoms with Crippen LogP contribution in [0.25, 0.3) is 0 Å². The van der Waals surface area contributed by atoms with Crippen LogP contribution in [-0.4, -0.2) is 33.9 Å². The molecule has 0 saturated heterocycles. The quantitative estimate of drug-likeness (QED) is 0.824. The van der Waals surface area contributed by atoms with Gasteiger partial charge in [-0.25, -0.2) is 0 Å². The fraction of sp³-hybridized carbons (Fsp3) is 0.286. The molecule has 0 atom stereocenters. The SMILES string of the molecule is O=C(O)CCN(CCn1cccn1)c1ccccc1. The van der Waals surface area contributed by atoms with Crippen molar-refractivity contribution in [3.05, 3.63) is 48.8 Å². The molecule has 0 bridgehead atoms. The van der Waals surface area contributed by atoms with Gasteiger partial charge in [-0.15, -0.1) is 0 Å². The Bertz CT molecular complexity index is 497. The lowest BCUT2D eigenvalue weighted by Crippen LogP contribution is -2.29. The van der Waals surface area contributed by atoms with E-state index >= 15 is 0 Å². The number of aromatic nitrogens is 2. The number of benzene rings is 1. The third-order valence-corrected chi connectivity index (χ3v) is 2.88. The van der Waals surface area contributed by atoms with Gasteiger partial charge in [-0.1, -0.05) is 18.2 Å². The molecule has 2 rings (SSSR count). The van der Waals surface area contributed by atoms with E-state index in [0.29, 0.717) is 6.54 Å². The summed E-state index contributed by atoms with van der Waals surface area (Å²) in [6, 6.07) is 11.7. The average Bonchev–Trinajstić information content (AvgIpc) is 2.93. The highest BCUT2D eigenvalue weighted by atomic mass is 16.4. The lowest BCUT2D eigenvalue weighted by atomic mass is 10.2. The molecule has 0 unspecified atom stereocenters. The smallest absolute Gasteiger partial charge is 0.305 e. The van der Waals surface area contributed by atoms with E-state index in [2.05, 4.69) is 10.00 Å². The van der Waals surface area contributed by atoms with Gasteiger partial charge in [0, 0.05) is 31.2 Å². The minimum atomic E-state index is -0.778. The van der Waals surface area contributed by atoms with Crippen LogP contribution < -0.4 is 4.90 Å². The number of rotatable bonds is 7. The fourth-order valence-electron chi connectivity index (χ4n) is 1.90. The molecule has 1 aromatic carbocycles. The van der Waals surface area contributed by atoms with E-state index in [0.717, 1.165) is 18.8 Å². The van der Waals surface area contributed by atoms with Crippen molar-refractivity contribution in [2.45, 2.75) is 13.0 Å². The van der Waals surface area contributed by atoms with E-state index in [9.17, 15) is 4.79 Å². The van der Waals surface area contributed by atoms with Gasteiger partial charge in [-0.05, 0) is 18.2 Å². The van der Waals surface area contributed by atoms with E-state index < -0.39 is 5.97 Å². The van der Waals surface area contributed by atoms with Gasteiger partial charge in [0.15, 0.2) is 0 Å². The van der Waals surface area contributed by atoms with Crippen LogP contribution >= 0.6 is 0 Å². The number of anilines is 1. The van der Waals surface area contributed by atoms with Gasteiger partial charge < -0.3 is 10.0 Å². The van der Waals surface area contributed by atoms with E-state index in [-0.39, 0.29) is 6.42 Å². The van der Waals surface area contributed by atoms with Crippen LogP contribution in [0.1, 0.15) is 6.42 Å². The number of carbonyl (C=O) groups is 1. The highest BCUT2D eigenvalue weighted by Crippen LogP contribution is 2.13. The number of hydrogen-bond donors (Lipinski definition) is 1. The Morgan fingerprint density at radius 2 is 2.00 bits per heavy atom. The number of nitrogens with zero attached hydrogens (tertiary/aromatic N) is 3. The van der Waals surface area contributed by atoms with Crippen molar-refractivity contribution in [3.8, 4) is 0 Å². The lowest BCUT2D eigenvalue weighted by Gasteiger charge is -2.24. The third kappa shape index (κ3) is 4.13. The molecule has 100 valence electrons. The van der Waals surface area contributed by atoms with Crippen LogP contribution in [0, 0.1) is 0 Å². The van der Waals surface area contributed by atoms with E-state index in [4.69, 9.17) is 5.11 Å². The van der Waals surface area contributed by atoms with Crippen molar-refractivity contribution in [1.29, 1.82) is 0 Å². The number of carboxylic acids is 1. The van der Waals surface area contributed by atoms with E-state index in [1.807, 2.05) is 47.3 Å². The van der Waals surface area contributed by atoms with Crippen molar-refractivity contribution in [2.75, 3.05) is 18.0 Å². The van der Waals surface area contributed by atoms with Gasteiger partial charge in [0.1, 0.15) is 0 Å². The second-order valence-corrected chi connectivity index (χ2v) is 4.24. The Hall–Kier alpha value is -2.30. The zero-order chi connectivity index (χ0) is 13.5. The Morgan fingerprint density at radius 1 is 1.21 bits per heavy atom. The normalized spacial score (nSPS) is 10.3. The van der Waals surface area contributed by atoms with Crippen molar-refractivity contribution in [1.82, 2.24) is 9.78 Å². The summed E-state index contributed by atoms with van der Waals surface area (Å²) in [5, 5.41) is 13.0. The molecule has 2 aromatic rings. The zero-order valence-electron chi connectivity index (χ0n) is 10.6. The summed E-state index contributed by atoms with van der Waals surface area (Å²) in [5.74, 6) is -0.778. The molecule has 0 aliphatic heterocycles.